The van der Waals surface area contributed by atoms with Gasteiger partial charge in [-0.3, -0.25) is 4.79 Å². The maximum absolute atomic E-state index is 12.4. The van der Waals surface area contributed by atoms with Crippen LogP contribution in [0.5, 0.6) is 5.75 Å². The largest absolute Gasteiger partial charge is 0.497 e. The van der Waals surface area contributed by atoms with Gasteiger partial charge in [0.1, 0.15) is 11.6 Å². The first kappa shape index (κ1) is 17.4. The van der Waals surface area contributed by atoms with E-state index in [1.807, 2.05) is 54.1 Å². The molecular formula is C19H16N4O2S2. The summed E-state index contributed by atoms with van der Waals surface area (Å²) in [6.45, 7) is 1.88. The number of hydrogen-bond donors (Lipinski definition) is 1. The molecule has 0 aliphatic heterocycles. The zero-order chi connectivity index (χ0) is 18.8. The molecule has 3 aromatic heterocycles. The number of amides is 1. The standard InChI is InChI=1S/C19H16N4O2S2/c1-12-10-17(21-18(24)16-4-3-9-26-16)23(22-12)19-20-15(11-27-19)13-5-7-14(25-2)8-6-13/h3-11H,1-2H3,(H,21,24). The number of thiazole rings is 1. The average molecular weight is 396 g/mol. The number of hydrogen-bond acceptors (Lipinski definition) is 6. The van der Waals surface area contributed by atoms with Crippen molar-refractivity contribution < 1.29 is 9.53 Å². The summed E-state index contributed by atoms with van der Waals surface area (Å²) >= 11 is 2.87. The highest BCUT2D eigenvalue weighted by molar-refractivity contribution is 7.12. The van der Waals surface area contributed by atoms with Crippen molar-refractivity contribution in [3.63, 3.8) is 0 Å². The second kappa shape index (κ2) is 7.34. The number of nitrogens with zero attached hydrogens (tertiary/aromatic N) is 3. The van der Waals surface area contributed by atoms with Crippen molar-refractivity contribution in [3.8, 4) is 22.1 Å². The van der Waals surface area contributed by atoms with Crippen molar-refractivity contribution in [2.24, 2.45) is 0 Å². The predicted molar refractivity (Wildman–Crippen MR) is 108 cm³/mol. The average Bonchev–Trinajstić information content (AvgIpc) is 3.42. The van der Waals surface area contributed by atoms with Crippen molar-refractivity contribution >= 4 is 34.4 Å². The Balaban J connectivity index is 1.62. The summed E-state index contributed by atoms with van der Waals surface area (Å²) in [5.41, 5.74) is 2.64. The Hall–Kier alpha value is -2.97. The Bertz CT molecular complexity index is 1070. The molecule has 6 nitrogen and oxygen atoms in total. The van der Waals surface area contributed by atoms with Gasteiger partial charge in [0, 0.05) is 17.0 Å². The van der Waals surface area contributed by atoms with Gasteiger partial charge in [-0.05, 0) is 42.6 Å². The quantitative estimate of drug-likeness (QED) is 0.534. The van der Waals surface area contributed by atoms with Gasteiger partial charge in [0.25, 0.3) is 5.91 Å². The Morgan fingerprint density at radius 3 is 2.70 bits per heavy atom. The Morgan fingerprint density at radius 2 is 2.00 bits per heavy atom. The van der Waals surface area contributed by atoms with Crippen molar-refractivity contribution in [1.82, 2.24) is 14.8 Å². The smallest absolute Gasteiger partial charge is 0.266 e. The lowest BCUT2D eigenvalue weighted by Crippen LogP contribution is -2.13. The van der Waals surface area contributed by atoms with E-state index in [-0.39, 0.29) is 5.91 Å². The number of carbonyl (C=O) groups excluding carboxylic acids is 1. The third kappa shape index (κ3) is 3.62. The molecule has 0 saturated heterocycles. The summed E-state index contributed by atoms with van der Waals surface area (Å²) in [4.78, 5) is 17.7. The Labute approximate surface area is 164 Å². The fourth-order valence-corrected chi connectivity index (χ4v) is 3.99. The minimum absolute atomic E-state index is 0.155. The van der Waals surface area contributed by atoms with Crippen LogP contribution in [0.2, 0.25) is 0 Å². The highest BCUT2D eigenvalue weighted by atomic mass is 32.1. The van der Waals surface area contributed by atoms with E-state index in [0.717, 1.165) is 22.7 Å². The van der Waals surface area contributed by atoms with Crippen LogP contribution in [0, 0.1) is 6.92 Å². The minimum atomic E-state index is -0.155. The highest BCUT2D eigenvalue weighted by Crippen LogP contribution is 2.28. The molecule has 0 fully saturated rings. The van der Waals surface area contributed by atoms with E-state index in [1.54, 1.807) is 17.9 Å². The molecule has 0 aliphatic rings. The van der Waals surface area contributed by atoms with Crippen LogP contribution in [-0.2, 0) is 0 Å². The number of benzene rings is 1. The molecule has 1 N–H and O–H groups in total. The summed E-state index contributed by atoms with van der Waals surface area (Å²) in [5, 5.41) is 11.9. The molecule has 27 heavy (non-hydrogen) atoms. The number of aromatic nitrogens is 3. The van der Waals surface area contributed by atoms with Gasteiger partial charge in [0.15, 0.2) is 0 Å². The van der Waals surface area contributed by atoms with Gasteiger partial charge >= 0.3 is 0 Å². The summed E-state index contributed by atoms with van der Waals surface area (Å²) < 4.78 is 6.86. The number of thiophene rings is 1. The predicted octanol–water partition coefficient (Wildman–Crippen LogP) is 4.63. The van der Waals surface area contributed by atoms with Gasteiger partial charge in [-0.1, -0.05) is 6.07 Å². The fraction of sp³-hybridized carbons (Fsp3) is 0.105. The molecule has 0 unspecified atom stereocenters. The summed E-state index contributed by atoms with van der Waals surface area (Å²) in [5.74, 6) is 1.25. The molecule has 4 aromatic rings. The second-order valence-electron chi connectivity index (χ2n) is 5.76. The normalized spacial score (nSPS) is 10.7. The molecule has 136 valence electrons. The molecule has 0 radical (unpaired) electrons. The molecule has 1 aromatic carbocycles. The number of rotatable bonds is 5. The first-order valence-electron chi connectivity index (χ1n) is 8.16. The fourth-order valence-electron chi connectivity index (χ4n) is 2.58. The van der Waals surface area contributed by atoms with Crippen LogP contribution >= 0.6 is 22.7 Å². The Kier molecular flexibility index (Phi) is 4.74. The van der Waals surface area contributed by atoms with E-state index < -0.39 is 0 Å². The molecule has 0 aliphatic carbocycles. The van der Waals surface area contributed by atoms with Gasteiger partial charge in [-0.25, -0.2) is 4.98 Å². The number of methoxy groups -OCH3 is 1. The van der Waals surface area contributed by atoms with Gasteiger partial charge in [0.05, 0.1) is 23.4 Å². The molecule has 8 heteroatoms. The van der Waals surface area contributed by atoms with Gasteiger partial charge < -0.3 is 10.1 Å². The van der Waals surface area contributed by atoms with Crippen LogP contribution in [0.25, 0.3) is 16.4 Å². The number of nitrogens with one attached hydrogen (secondary N) is 1. The zero-order valence-corrected chi connectivity index (χ0v) is 16.3. The topological polar surface area (TPSA) is 69.0 Å². The summed E-state index contributed by atoms with van der Waals surface area (Å²) in [6.07, 6.45) is 0. The van der Waals surface area contributed by atoms with E-state index >= 15 is 0 Å². The second-order valence-corrected chi connectivity index (χ2v) is 7.54. The number of aryl methyl sites for hydroxylation is 1. The van der Waals surface area contributed by atoms with Crippen LogP contribution in [0.3, 0.4) is 0 Å². The lowest BCUT2D eigenvalue weighted by Gasteiger charge is -2.05. The van der Waals surface area contributed by atoms with Crippen LogP contribution in [-0.4, -0.2) is 27.8 Å². The van der Waals surface area contributed by atoms with E-state index in [9.17, 15) is 4.79 Å². The van der Waals surface area contributed by atoms with Crippen molar-refractivity contribution in [1.29, 1.82) is 0 Å². The maximum atomic E-state index is 12.4. The monoisotopic (exact) mass is 396 g/mol. The molecule has 0 spiro atoms. The SMILES string of the molecule is COc1ccc(-c2csc(-n3nc(C)cc3NC(=O)c3cccs3)n2)cc1. The first-order valence-corrected chi connectivity index (χ1v) is 9.92. The Morgan fingerprint density at radius 1 is 1.19 bits per heavy atom. The number of anilines is 1. The van der Waals surface area contributed by atoms with E-state index in [2.05, 4.69) is 15.4 Å². The summed E-state index contributed by atoms with van der Waals surface area (Å²) in [7, 11) is 1.64. The molecule has 1 amide bonds. The first-order chi connectivity index (χ1) is 13.1. The third-order valence-electron chi connectivity index (χ3n) is 3.88. The molecule has 3 heterocycles. The lowest BCUT2D eigenvalue weighted by atomic mass is 10.2. The number of ether oxygens (including phenoxy) is 1. The van der Waals surface area contributed by atoms with E-state index in [0.29, 0.717) is 15.8 Å². The zero-order valence-electron chi connectivity index (χ0n) is 14.7. The van der Waals surface area contributed by atoms with Crippen LogP contribution in [0.15, 0.2) is 53.2 Å². The molecule has 4 rings (SSSR count). The summed E-state index contributed by atoms with van der Waals surface area (Å²) in [6, 6.07) is 13.2. The van der Waals surface area contributed by atoms with Gasteiger partial charge in [0.2, 0.25) is 5.13 Å². The van der Waals surface area contributed by atoms with Gasteiger partial charge in [-0.2, -0.15) is 9.78 Å². The van der Waals surface area contributed by atoms with E-state index in [4.69, 9.17) is 4.74 Å². The van der Waals surface area contributed by atoms with E-state index in [1.165, 1.54) is 22.7 Å². The minimum Gasteiger partial charge on any atom is -0.497 e. The molecule has 0 saturated carbocycles. The van der Waals surface area contributed by atoms with Crippen molar-refractivity contribution in [2.45, 2.75) is 6.92 Å². The molecular weight excluding hydrogens is 380 g/mol. The van der Waals surface area contributed by atoms with Crippen LogP contribution in [0.1, 0.15) is 15.4 Å². The third-order valence-corrected chi connectivity index (χ3v) is 5.56. The van der Waals surface area contributed by atoms with Crippen molar-refractivity contribution in [2.75, 3.05) is 12.4 Å². The van der Waals surface area contributed by atoms with Crippen LogP contribution in [0.4, 0.5) is 5.82 Å². The highest BCUT2D eigenvalue weighted by Gasteiger charge is 2.15. The molecule has 0 atom stereocenters. The lowest BCUT2D eigenvalue weighted by molar-refractivity contribution is 0.103. The number of carbonyl (C=O) groups is 1. The maximum Gasteiger partial charge on any atom is 0.266 e. The van der Waals surface area contributed by atoms with Crippen LogP contribution < -0.4 is 10.1 Å². The molecule has 0 bridgehead atoms. The van der Waals surface area contributed by atoms with Gasteiger partial charge in [-0.15, -0.1) is 22.7 Å². The van der Waals surface area contributed by atoms with Crippen molar-refractivity contribution in [3.05, 3.63) is 63.8 Å².